The Hall–Kier alpha value is -2.53. The van der Waals surface area contributed by atoms with Crippen LogP contribution in [-0.4, -0.2) is 23.1 Å². The Bertz CT molecular complexity index is 727. The van der Waals surface area contributed by atoms with E-state index in [0.29, 0.717) is 30.7 Å². The number of anilines is 2. The third-order valence-electron chi connectivity index (χ3n) is 2.81. The van der Waals surface area contributed by atoms with Crippen LogP contribution in [0.15, 0.2) is 30.6 Å². The van der Waals surface area contributed by atoms with E-state index in [1.165, 1.54) is 0 Å². The molecule has 0 fully saturated rings. The molecule has 0 unspecified atom stereocenters. The molecule has 2 aromatic heterocycles. The highest BCUT2D eigenvalue weighted by atomic mass is 35.5. The molecule has 2 aromatic rings. The van der Waals surface area contributed by atoms with Crippen molar-refractivity contribution in [3.05, 3.63) is 46.7 Å². The maximum atomic E-state index is 12.5. The average Bonchev–Trinajstić information content (AvgIpc) is 2.52. The van der Waals surface area contributed by atoms with Crippen molar-refractivity contribution in [1.82, 2.24) is 9.97 Å². The molecule has 2 heterocycles. The highest BCUT2D eigenvalue weighted by molar-refractivity contribution is 6.32. The van der Waals surface area contributed by atoms with Crippen LogP contribution in [0.4, 0.5) is 24.8 Å². The second-order valence-corrected chi connectivity index (χ2v) is 4.82. The summed E-state index contributed by atoms with van der Waals surface area (Å²) in [5.41, 5.74) is -0.503. The largest absolute Gasteiger partial charge is 0.417 e. The van der Waals surface area contributed by atoms with Crippen LogP contribution in [0.3, 0.4) is 0 Å². The van der Waals surface area contributed by atoms with E-state index in [4.69, 9.17) is 16.9 Å². The number of pyridine rings is 2. The molecule has 2 N–H and O–H groups in total. The fraction of sp³-hybridized carbons (Fsp3) is 0.214. The van der Waals surface area contributed by atoms with Gasteiger partial charge in [0, 0.05) is 25.5 Å². The summed E-state index contributed by atoms with van der Waals surface area (Å²) in [6, 6.07) is 6.08. The normalized spacial score (nSPS) is 10.9. The van der Waals surface area contributed by atoms with Gasteiger partial charge in [-0.2, -0.15) is 18.4 Å². The molecule has 0 amide bonds. The standard InChI is InChI=1S/C14H11ClF3N5/c15-11-6-10(14(16,17)18)8-23-13(11)22-5-4-21-12-9(7-19)2-1-3-20-12/h1-3,6,8H,4-5H2,(H,20,21)(H,22,23). The lowest BCUT2D eigenvalue weighted by molar-refractivity contribution is -0.137. The van der Waals surface area contributed by atoms with E-state index >= 15 is 0 Å². The van der Waals surface area contributed by atoms with Crippen molar-refractivity contribution in [3.8, 4) is 6.07 Å². The second kappa shape index (κ2) is 7.15. The summed E-state index contributed by atoms with van der Waals surface area (Å²) >= 11 is 5.78. The van der Waals surface area contributed by atoms with Gasteiger partial charge in [0.2, 0.25) is 0 Å². The van der Waals surface area contributed by atoms with Crippen molar-refractivity contribution in [2.45, 2.75) is 6.18 Å². The number of nitrogens with zero attached hydrogens (tertiary/aromatic N) is 3. The topological polar surface area (TPSA) is 73.6 Å². The van der Waals surface area contributed by atoms with Crippen molar-refractivity contribution < 1.29 is 13.2 Å². The summed E-state index contributed by atoms with van der Waals surface area (Å²) in [5, 5.41) is 14.6. The Balaban J connectivity index is 1.91. The molecule has 0 aliphatic rings. The lowest BCUT2D eigenvalue weighted by Crippen LogP contribution is -2.16. The van der Waals surface area contributed by atoms with E-state index in [-0.39, 0.29) is 10.8 Å². The Morgan fingerprint density at radius 3 is 2.48 bits per heavy atom. The van der Waals surface area contributed by atoms with Gasteiger partial charge >= 0.3 is 6.18 Å². The van der Waals surface area contributed by atoms with Crippen LogP contribution in [0.5, 0.6) is 0 Å². The summed E-state index contributed by atoms with van der Waals surface area (Å²) in [5.74, 6) is 0.589. The first-order valence-corrected chi connectivity index (χ1v) is 6.85. The van der Waals surface area contributed by atoms with Gasteiger partial charge in [-0.15, -0.1) is 0 Å². The molecule has 0 saturated heterocycles. The van der Waals surface area contributed by atoms with E-state index in [1.807, 2.05) is 6.07 Å². The van der Waals surface area contributed by atoms with Crippen LogP contribution >= 0.6 is 11.6 Å². The number of aromatic nitrogens is 2. The number of nitrogens with one attached hydrogen (secondary N) is 2. The monoisotopic (exact) mass is 341 g/mol. The maximum absolute atomic E-state index is 12.5. The van der Waals surface area contributed by atoms with Crippen molar-refractivity contribution in [3.63, 3.8) is 0 Å². The van der Waals surface area contributed by atoms with Crippen LogP contribution in [0, 0.1) is 11.3 Å². The number of hydrogen-bond donors (Lipinski definition) is 2. The molecule has 0 aliphatic heterocycles. The van der Waals surface area contributed by atoms with Gasteiger partial charge in [0.1, 0.15) is 17.7 Å². The van der Waals surface area contributed by atoms with Crippen LogP contribution in [0.25, 0.3) is 0 Å². The van der Waals surface area contributed by atoms with Gasteiger partial charge in [-0.05, 0) is 18.2 Å². The van der Waals surface area contributed by atoms with Crippen molar-refractivity contribution in [1.29, 1.82) is 5.26 Å². The SMILES string of the molecule is N#Cc1cccnc1NCCNc1ncc(C(F)(F)F)cc1Cl. The van der Waals surface area contributed by atoms with Crippen molar-refractivity contribution in [2.75, 3.05) is 23.7 Å². The van der Waals surface area contributed by atoms with Gasteiger partial charge in [-0.1, -0.05) is 11.6 Å². The third-order valence-corrected chi connectivity index (χ3v) is 3.09. The van der Waals surface area contributed by atoms with Crippen molar-refractivity contribution >= 4 is 23.2 Å². The Kier molecular flexibility index (Phi) is 5.24. The fourth-order valence-electron chi connectivity index (χ4n) is 1.72. The van der Waals surface area contributed by atoms with E-state index in [9.17, 15) is 13.2 Å². The molecular weight excluding hydrogens is 331 g/mol. The highest BCUT2D eigenvalue weighted by Gasteiger charge is 2.31. The Morgan fingerprint density at radius 2 is 1.87 bits per heavy atom. The van der Waals surface area contributed by atoms with Gasteiger partial charge in [-0.25, -0.2) is 9.97 Å². The minimum Gasteiger partial charge on any atom is -0.367 e. The van der Waals surface area contributed by atoms with E-state index < -0.39 is 11.7 Å². The molecule has 5 nitrogen and oxygen atoms in total. The minimum absolute atomic E-state index is 0.115. The molecule has 0 radical (unpaired) electrons. The van der Waals surface area contributed by atoms with E-state index in [0.717, 1.165) is 6.07 Å². The molecule has 120 valence electrons. The first-order chi connectivity index (χ1) is 10.9. The van der Waals surface area contributed by atoms with Gasteiger partial charge in [0.05, 0.1) is 16.1 Å². The number of hydrogen-bond acceptors (Lipinski definition) is 5. The molecule has 2 rings (SSSR count). The quantitative estimate of drug-likeness (QED) is 0.814. The highest BCUT2D eigenvalue weighted by Crippen LogP contribution is 2.32. The van der Waals surface area contributed by atoms with Gasteiger partial charge < -0.3 is 10.6 Å². The molecule has 0 aromatic carbocycles. The molecule has 0 spiro atoms. The summed E-state index contributed by atoms with van der Waals surface area (Å²) < 4.78 is 37.5. The van der Waals surface area contributed by atoms with Crippen LogP contribution in [0.2, 0.25) is 5.02 Å². The Labute approximate surface area is 135 Å². The third kappa shape index (κ3) is 4.47. The summed E-state index contributed by atoms with van der Waals surface area (Å²) in [7, 11) is 0. The molecule has 0 atom stereocenters. The maximum Gasteiger partial charge on any atom is 0.417 e. The molecule has 0 saturated carbocycles. The first kappa shape index (κ1) is 16.8. The lowest BCUT2D eigenvalue weighted by atomic mass is 10.2. The van der Waals surface area contributed by atoms with Gasteiger partial charge in [0.15, 0.2) is 0 Å². The summed E-state index contributed by atoms with van der Waals surface area (Å²) in [6.45, 7) is 0.713. The molecular formula is C14H11ClF3N5. The number of nitriles is 1. The number of rotatable bonds is 5. The minimum atomic E-state index is -4.48. The van der Waals surface area contributed by atoms with Crippen molar-refractivity contribution in [2.24, 2.45) is 0 Å². The fourth-order valence-corrected chi connectivity index (χ4v) is 1.95. The van der Waals surface area contributed by atoms with Gasteiger partial charge in [-0.3, -0.25) is 0 Å². The molecule has 23 heavy (non-hydrogen) atoms. The predicted molar refractivity (Wildman–Crippen MR) is 80.2 cm³/mol. The van der Waals surface area contributed by atoms with Gasteiger partial charge in [0.25, 0.3) is 0 Å². The van der Waals surface area contributed by atoms with E-state index in [1.54, 1.807) is 18.3 Å². The average molecular weight is 342 g/mol. The predicted octanol–water partition coefficient (Wildman–Crippen LogP) is 3.54. The molecule has 0 aliphatic carbocycles. The smallest absolute Gasteiger partial charge is 0.367 e. The van der Waals surface area contributed by atoms with Crippen LogP contribution in [0.1, 0.15) is 11.1 Å². The number of alkyl halides is 3. The zero-order valence-corrected chi connectivity index (χ0v) is 12.4. The van der Waals surface area contributed by atoms with E-state index in [2.05, 4.69) is 20.6 Å². The Morgan fingerprint density at radius 1 is 1.17 bits per heavy atom. The second-order valence-electron chi connectivity index (χ2n) is 4.42. The zero-order chi connectivity index (χ0) is 16.9. The summed E-state index contributed by atoms with van der Waals surface area (Å²) in [6.07, 6.45) is -2.22. The first-order valence-electron chi connectivity index (χ1n) is 6.47. The van der Waals surface area contributed by atoms with Crippen LogP contribution < -0.4 is 10.6 Å². The molecule has 9 heteroatoms. The molecule has 0 bridgehead atoms. The zero-order valence-electron chi connectivity index (χ0n) is 11.7. The van der Waals surface area contributed by atoms with Crippen LogP contribution in [-0.2, 0) is 6.18 Å². The summed E-state index contributed by atoms with van der Waals surface area (Å²) in [4.78, 5) is 7.69. The number of halogens is 4. The lowest BCUT2D eigenvalue weighted by Gasteiger charge is -2.11.